The van der Waals surface area contributed by atoms with E-state index in [1.807, 2.05) is 18.2 Å². The quantitative estimate of drug-likeness (QED) is 0.240. The Hall–Kier alpha value is -2.76. The van der Waals surface area contributed by atoms with Crippen molar-refractivity contribution in [2.75, 3.05) is 32.8 Å². The Balaban J connectivity index is 0.00000308. The fourth-order valence-electron chi connectivity index (χ4n) is 6.98. The number of piperidine rings is 3. The number of quaternary nitrogens is 1. The van der Waals surface area contributed by atoms with Crippen LogP contribution in [0.4, 0.5) is 0 Å². The van der Waals surface area contributed by atoms with E-state index in [0.717, 1.165) is 73.2 Å². The van der Waals surface area contributed by atoms with Gasteiger partial charge in [-0.3, -0.25) is 0 Å². The molecule has 0 saturated carbocycles. The molecule has 3 aliphatic heterocycles. The van der Waals surface area contributed by atoms with Crippen LogP contribution in [0.5, 0.6) is 0 Å². The van der Waals surface area contributed by atoms with E-state index < -0.39 is 5.60 Å². The summed E-state index contributed by atoms with van der Waals surface area (Å²) < 4.78 is 7.20. The van der Waals surface area contributed by atoms with E-state index in [-0.39, 0.29) is 22.4 Å². The van der Waals surface area contributed by atoms with Crippen LogP contribution in [0.3, 0.4) is 0 Å². The van der Waals surface area contributed by atoms with Crippen molar-refractivity contribution in [3.05, 3.63) is 132 Å². The number of aliphatic hydroxyl groups is 1. The summed E-state index contributed by atoms with van der Waals surface area (Å²) in [6, 6.07) is 40.0. The minimum absolute atomic E-state index is 0. The van der Waals surface area contributed by atoms with Gasteiger partial charge >= 0.3 is 0 Å². The van der Waals surface area contributed by atoms with Gasteiger partial charge in [-0.25, -0.2) is 0 Å². The summed E-state index contributed by atoms with van der Waals surface area (Å²) in [6.45, 7) is 5.81. The zero-order valence-electron chi connectivity index (χ0n) is 22.5. The molecule has 0 radical (unpaired) electrons. The van der Waals surface area contributed by atoms with Crippen molar-refractivity contribution in [3.63, 3.8) is 0 Å². The lowest BCUT2D eigenvalue weighted by molar-refractivity contribution is -0.946. The van der Waals surface area contributed by atoms with E-state index in [4.69, 9.17) is 4.74 Å². The molecular formula is C35H38BrNO2. The van der Waals surface area contributed by atoms with Crippen LogP contribution in [0.25, 0.3) is 11.1 Å². The van der Waals surface area contributed by atoms with Crippen LogP contribution in [0, 0.1) is 5.41 Å². The van der Waals surface area contributed by atoms with Gasteiger partial charge in [0.15, 0.2) is 0 Å². The highest BCUT2D eigenvalue weighted by atomic mass is 79.9. The average molecular weight is 585 g/mol. The lowest BCUT2D eigenvalue weighted by atomic mass is 9.56. The molecule has 39 heavy (non-hydrogen) atoms. The van der Waals surface area contributed by atoms with Crippen LogP contribution in [0.2, 0.25) is 0 Å². The predicted octanol–water partition coefficient (Wildman–Crippen LogP) is 3.81. The molecular weight excluding hydrogens is 546 g/mol. The molecule has 2 bridgehead atoms. The van der Waals surface area contributed by atoms with Gasteiger partial charge in [0.05, 0.1) is 32.8 Å². The molecule has 0 spiro atoms. The molecule has 3 fully saturated rings. The standard InChI is InChI=1S/C35H38NO2.BrH/c37-35(32-16-8-3-9-17-32,33-18-10-15-31(27-33)30-13-6-2-7-14-30)34-19-22-36(23-20-34,24-21-34)25-26-38-28-29-11-4-1-5-12-29;/h1-18,27,37H,19-26,28H2;1H/q+1;/p-1. The number of halogens is 1. The monoisotopic (exact) mass is 583 g/mol. The third-order valence-corrected chi connectivity index (χ3v) is 9.36. The second-order valence-corrected chi connectivity index (χ2v) is 11.3. The third-order valence-electron chi connectivity index (χ3n) is 9.36. The summed E-state index contributed by atoms with van der Waals surface area (Å²) >= 11 is 0. The molecule has 4 aromatic rings. The summed E-state index contributed by atoms with van der Waals surface area (Å²) in [5.41, 5.74) is 4.39. The van der Waals surface area contributed by atoms with Crippen molar-refractivity contribution in [1.29, 1.82) is 0 Å². The summed E-state index contributed by atoms with van der Waals surface area (Å²) in [6.07, 6.45) is 3.06. The van der Waals surface area contributed by atoms with Gasteiger partial charge in [0, 0.05) is 24.7 Å². The SMILES string of the molecule is OC(c1ccccc1)(c1cccc(-c2ccccc2)c1)C12CC[N+](CCOCc3ccccc3)(CC1)CC2.[Br-]. The third kappa shape index (κ3) is 5.36. The van der Waals surface area contributed by atoms with Gasteiger partial charge in [-0.15, -0.1) is 0 Å². The maximum Gasteiger partial charge on any atom is 0.121 e. The molecule has 0 aromatic heterocycles. The Labute approximate surface area is 243 Å². The van der Waals surface area contributed by atoms with Crippen molar-refractivity contribution < 1.29 is 31.3 Å². The Morgan fingerprint density at radius 2 is 1.21 bits per heavy atom. The van der Waals surface area contributed by atoms with Gasteiger partial charge in [0.1, 0.15) is 12.1 Å². The molecule has 7 rings (SSSR count). The molecule has 202 valence electrons. The number of ether oxygens (including phenoxy) is 1. The topological polar surface area (TPSA) is 29.5 Å². The van der Waals surface area contributed by atoms with E-state index in [9.17, 15) is 5.11 Å². The first-order valence-electron chi connectivity index (χ1n) is 14.0. The first-order valence-corrected chi connectivity index (χ1v) is 14.0. The normalized spacial score (nSPS) is 23.5. The van der Waals surface area contributed by atoms with Crippen LogP contribution in [-0.2, 0) is 16.9 Å². The van der Waals surface area contributed by atoms with E-state index in [1.54, 1.807) is 0 Å². The highest BCUT2D eigenvalue weighted by Crippen LogP contribution is 2.57. The van der Waals surface area contributed by atoms with Crippen molar-refractivity contribution in [2.45, 2.75) is 31.5 Å². The van der Waals surface area contributed by atoms with Gasteiger partial charge in [-0.05, 0) is 33.9 Å². The molecule has 1 unspecified atom stereocenters. The van der Waals surface area contributed by atoms with Crippen LogP contribution in [0.1, 0.15) is 36.0 Å². The largest absolute Gasteiger partial charge is 1.00 e. The second-order valence-electron chi connectivity index (χ2n) is 11.3. The van der Waals surface area contributed by atoms with Gasteiger partial charge in [-0.1, -0.05) is 109 Å². The van der Waals surface area contributed by atoms with Gasteiger partial charge in [0.2, 0.25) is 0 Å². The molecule has 3 heterocycles. The van der Waals surface area contributed by atoms with Crippen LogP contribution in [0.15, 0.2) is 115 Å². The highest BCUT2D eigenvalue weighted by Gasteiger charge is 2.60. The number of rotatable bonds is 9. The van der Waals surface area contributed by atoms with Crippen molar-refractivity contribution in [2.24, 2.45) is 5.41 Å². The first kappa shape index (κ1) is 27.8. The maximum atomic E-state index is 12.9. The van der Waals surface area contributed by atoms with Crippen molar-refractivity contribution in [1.82, 2.24) is 0 Å². The Kier molecular flexibility index (Phi) is 8.39. The molecule has 4 heteroatoms. The summed E-state index contributed by atoms with van der Waals surface area (Å²) in [5, 5.41) is 12.9. The number of hydrogen-bond donors (Lipinski definition) is 1. The lowest BCUT2D eigenvalue weighted by Gasteiger charge is -2.60. The molecule has 3 aliphatic rings. The van der Waals surface area contributed by atoms with E-state index in [2.05, 4.69) is 97.1 Å². The van der Waals surface area contributed by atoms with E-state index in [1.165, 1.54) is 11.1 Å². The second kappa shape index (κ2) is 11.8. The van der Waals surface area contributed by atoms with Gasteiger partial charge < -0.3 is 31.3 Å². The summed E-state index contributed by atoms with van der Waals surface area (Å²) in [5.74, 6) is 0. The fraction of sp³-hybridized carbons (Fsp3) is 0.314. The Morgan fingerprint density at radius 1 is 0.667 bits per heavy atom. The summed E-state index contributed by atoms with van der Waals surface area (Å²) in [4.78, 5) is 0. The average Bonchev–Trinajstić information content (AvgIpc) is 3.01. The molecule has 0 aliphatic carbocycles. The minimum atomic E-state index is -1.03. The van der Waals surface area contributed by atoms with Crippen LogP contribution in [-0.4, -0.2) is 42.4 Å². The smallest absolute Gasteiger partial charge is 0.121 e. The number of hydrogen-bond acceptors (Lipinski definition) is 2. The molecule has 4 aromatic carbocycles. The van der Waals surface area contributed by atoms with Gasteiger partial charge in [-0.2, -0.15) is 0 Å². The first-order chi connectivity index (χ1) is 18.6. The van der Waals surface area contributed by atoms with Crippen molar-refractivity contribution in [3.8, 4) is 11.1 Å². The molecule has 1 N–H and O–H groups in total. The number of fused-ring (bicyclic) bond motifs is 3. The van der Waals surface area contributed by atoms with Crippen LogP contribution < -0.4 is 17.0 Å². The predicted molar refractivity (Wildman–Crippen MR) is 153 cm³/mol. The van der Waals surface area contributed by atoms with E-state index in [0.29, 0.717) is 6.61 Å². The molecule has 1 atom stereocenters. The minimum Gasteiger partial charge on any atom is -1.00 e. The fourth-order valence-corrected chi connectivity index (χ4v) is 6.98. The molecule has 3 saturated heterocycles. The lowest BCUT2D eigenvalue weighted by Crippen LogP contribution is -3.00. The number of benzene rings is 4. The van der Waals surface area contributed by atoms with Crippen LogP contribution >= 0.6 is 0 Å². The maximum absolute atomic E-state index is 12.9. The zero-order valence-corrected chi connectivity index (χ0v) is 24.1. The van der Waals surface area contributed by atoms with Crippen molar-refractivity contribution >= 4 is 0 Å². The zero-order chi connectivity index (χ0) is 25.9. The van der Waals surface area contributed by atoms with Gasteiger partial charge in [0.25, 0.3) is 0 Å². The Bertz CT molecular complexity index is 1320. The Morgan fingerprint density at radius 3 is 1.85 bits per heavy atom. The highest BCUT2D eigenvalue weighted by molar-refractivity contribution is 5.65. The summed E-state index contributed by atoms with van der Waals surface area (Å²) in [7, 11) is 0. The molecule has 3 nitrogen and oxygen atoms in total. The molecule has 0 amide bonds. The number of nitrogens with zero attached hydrogens (tertiary/aromatic N) is 1. The van der Waals surface area contributed by atoms with E-state index >= 15 is 0 Å².